The molecule has 0 saturated carbocycles. The monoisotopic (exact) mass is 265 g/mol. The first-order chi connectivity index (χ1) is 9.24. The van der Waals surface area contributed by atoms with Crippen molar-refractivity contribution in [2.75, 3.05) is 26.7 Å². The van der Waals surface area contributed by atoms with Crippen LogP contribution < -0.4 is 10.6 Å². The molecule has 0 radical (unpaired) electrons. The summed E-state index contributed by atoms with van der Waals surface area (Å²) in [7, 11) is 2.27. The summed E-state index contributed by atoms with van der Waals surface area (Å²) in [6, 6.07) is 1.55. The van der Waals surface area contributed by atoms with Gasteiger partial charge >= 0.3 is 0 Å². The molecule has 2 N–H and O–H groups in total. The smallest absolute Gasteiger partial charge is 0.224 e. The molecule has 2 bridgehead atoms. The summed E-state index contributed by atoms with van der Waals surface area (Å²) in [4.78, 5) is 14.7. The zero-order valence-corrected chi connectivity index (χ0v) is 12.0. The van der Waals surface area contributed by atoms with Gasteiger partial charge in [-0.15, -0.1) is 0 Å². The van der Waals surface area contributed by atoms with Gasteiger partial charge in [-0.1, -0.05) is 0 Å². The number of nitrogens with zero attached hydrogens (tertiary/aromatic N) is 1. The molecule has 0 aliphatic carbocycles. The summed E-state index contributed by atoms with van der Waals surface area (Å²) in [5.41, 5.74) is 0. The number of rotatable bonds is 3. The largest absolute Gasteiger partial charge is 0.356 e. The van der Waals surface area contributed by atoms with Gasteiger partial charge in [0.25, 0.3) is 0 Å². The third kappa shape index (κ3) is 2.95. The SMILES string of the molecule is CN1C2CCC1CC(CNC(=O)[C@@H]1CCCNC1)C2. The minimum atomic E-state index is 0.205. The molecule has 108 valence electrons. The Labute approximate surface area is 116 Å². The zero-order chi connectivity index (χ0) is 13.2. The first-order valence-electron chi connectivity index (χ1n) is 7.94. The van der Waals surface area contributed by atoms with Crippen molar-refractivity contribution in [2.45, 2.75) is 50.6 Å². The zero-order valence-electron chi connectivity index (χ0n) is 12.0. The van der Waals surface area contributed by atoms with E-state index in [0.29, 0.717) is 5.92 Å². The predicted octanol–water partition coefficient (Wildman–Crippen LogP) is 0.975. The molecule has 0 aromatic heterocycles. The van der Waals surface area contributed by atoms with E-state index in [-0.39, 0.29) is 11.8 Å². The Morgan fingerprint density at radius 1 is 1.26 bits per heavy atom. The van der Waals surface area contributed by atoms with Gasteiger partial charge in [0.15, 0.2) is 0 Å². The van der Waals surface area contributed by atoms with Crippen LogP contribution in [0.25, 0.3) is 0 Å². The van der Waals surface area contributed by atoms with Gasteiger partial charge in [-0.3, -0.25) is 4.79 Å². The van der Waals surface area contributed by atoms with Crippen LogP contribution in [0.5, 0.6) is 0 Å². The molecule has 0 aromatic rings. The molecule has 3 saturated heterocycles. The van der Waals surface area contributed by atoms with Crippen molar-refractivity contribution in [2.24, 2.45) is 11.8 Å². The maximum Gasteiger partial charge on any atom is 0.224 e. The molecule has 3 aliphatic heterocycles. The van der Waals surface area contributed by atoms with Crippen molar-refractivity contribution in [3.05, 3.63) is 0 Å². The molecule has 3 rings (SSSR count). The number of hydrogen-bond donors (Lipinski definition) is 2. The molecule has 4 nitrogen and oxygen atoms in total. The molecule has 3 fully saturated rings. The fourth-order valence-corrected chi connectivity index (χ4v) is 4.16. The molecule has 3 heterocycles. The van der Waals surface area contributed by atoms with E-state index in [1.165, 1.54) is 25.7 Å². The lowest BCUT2D eigenvalue weighted by molar-refractivity contribution is -0.125. The van der Waals surface area contributed by atoms with Crippen molar-refractivity contribution in [3.63, 3.8) is 0 Å². The summed E-state index contributed by atoms with van der Waals surface area (Å²) in [6.07, 6.45) is 7.46. The van der Waals surface area contributed by atoms with Gasteiger partial charge in [-0.05, 0) is 58.0 Å². The van der Waals surface area contributed by atoms with E-state index in [1.807, 2.05) is 0 Å². The van der Waals surface area contributed by atoms with Crippen LogP contribution in [0.15, 0.2) is 0 Å². The molecule has 0 aromatic carbocycles. The second kappa shape index (κ2) is 5.80. The highest BCUT2D eigenvalue weighted by molar-refractivity contribution is 5.78. The van der Waals surface area contributed by atoms with Crippen LogP contribution in [-0.2, 0) is 4.79 Å². The third-order valence-electron chi connectivity index (χ3n) is 5.43. The van der Waals surface area contributed by atoms with Crippen LogP contribution in [-0.4, -0.2) is 49.6 Å². The highest BCUT2D eigenvalue weighted by Crippen LogP contribution is 2.37. The Bertz CT molecular complexity index is 313. The summed E-state index contributed by atoms with van der Waals surface area (Å²) >= 11 is 0. The van der Waals surface area contributed by atoms with E-state index in [4.69, 9.17) is 0 Å². The molecular formula is C15H27N3O. The van der Waals surface area contributed by atoms with Gasteiger partial charge in [0, 0.05) is 25.2 Å². The Morgan fingerprint density at radius 3 is 2.63 bits per heavy atom. The molecule has 2 unspecified atom stereocenters. The van der Waals surface area contributed by atoms with E-state index in [9.17, 15) is 4.79 Å². The molecule has 3 atom stereocenters. The maximum atomic E-state index is 12.1. The lowest BCUT2D eigenvalue weighted by Gasteiger charge is -2.36. The van der Waals surface area contributed by atoms with Gasteiger partial charge in [0.2, 0.25) is 5.91 Å². The second-order valence-corrected chi connectivity index (χ2v) is 6.68. The summed E-state index contributed by atoms with van der Waals surface area (Å²) in [6.45, 7) is 2.84. The van der Waals surface area contributed by atoms with E-state index in [2.05, 4.69) is 22.6 Å². The van der Waals surface area contributed by atoms with Crippen LogP contribution in [0.3, 0.4) is 0 Å². The lowest BCUT2D eigenvalue weighted by Crippen LogP contribution is -2.45. The topological polar surface area (TPSA) is 44.4 Å². The van der Waals surface area contributed by atoms with Crippen LogP contribution >= 0.6 is 0 Å². The molecule has 0 spiro atoms. The molecule has 4 heteroatoms. The second-order valence-electron chi connectivity index (χ2n) is 6.68. The Kier molecular flexibility index (Phi) is 4.08. The fraction of sp³-hybridized carbons (Fsp3) is 0.933. The molecule has 1 amide bonds. The summed E-state index contributed by atoms with van der Waals surface area (Å²) in [5, 5.41) is 6.52. The van der Waals surface area contributed by atoms with Gasteiger partial charge in [0.1, 0.15) is 0 Å². The number of piperidine rings is 2. The lowest BCUT2D eigenvalue weighted by atomic mass is 9.90. The van der Waals surface area contributed by atoms with Crippen LogP contribution in [0, 0.1) is 11.8 Å². The Balaban J connectivity index is 1.44. The predicted molar refractivity (Wildman–Crippen MR) is 75.9 cm³/mol. The average Bonchev–Trinajstić information content (AvgIpc) is 2.68. The maximum absolute atomic E-state index is 12.1. The Morgan fingerprint density at radius 2 is 2.00 bits per heavy atom. The van der Waals surface area contributed by atoms with Crippen molar-refractivity contribution in [1.82, 2.24) is 15.5 Å². The van der Waals surface area contributed by atoms with Gasteiger partial charge < -0.3 is 15.5 Å². The van der Waals surface area contributed by atoms with Crippen LogP contribution in [0.2, 0.25) is 0 Å². The first-order valence-corrected chi connectivity index (χ1v) is 7.94. The van der Waals surface area contributed by atoms with Crippen LogP contribution in [0.4, 0.5) is 0 Å². The van der Waals surface area contributed by atoms with Crippen molar-refractivity contribution in [1.29, 1.82) is 0 Å². The number of fused-ring (bicyclic) bond motifs is 2. The van der Waals surface area contributed by atoms with Gasteiger partial charge in [0.05, 0.1) is 5.92 Å². The minimum Gasteiger partial charge on any atom is -0.356 e. The molecule has 3 aliphatic rings. The first kappa shape index (κ1) is 13.4. The normalized spacial score (nSPS) is 39.2. The molecular weight excluding hydrogens is 238 g/mol. The van der Waals surface area contributed by atoms with Gasteiger partial charge in [-0.25, -0.2) is 0 Å². The highest BCUT2D eigenvalue weighted by atomic mass is 16.1. The van der Waals surface area contributed by atoms with Crippen molar-refractivity contribution in [3.8, 4) is 0 Å². The average molecular weight is 265 g/mol. The van der Waals surface area contributed by atoms with Gasteiger partial charge in [-0.2, -0.15) is 0 Å². The minimum absolute atomic E-state index is 0.205. The van der Waals surface area contributed by atoms with E-state index in [1.54, 1.807) is 0 Å². The van der Waals surface area contributed by atoms with E-state index in [0.717, 1.165) is 44.6 Å². The fourth-order valence-electron chi connectivity index (χ4n) is 4.16. The summed E-state index contributed by atoms with van der Waals surface area (Å²) < 4.78 is 0. The summed E-state index contributed by atoms with van der Waals surface area (Å²) in [5.74, 6) is 1.18. The number of hydrogen-bond acceptors (Lipinski definition) is 3. The molecule has 19 heavy (non-hydrogen) atoms. The number of amides is 1. The van der Waals surface area contributed by atoms with E-state index < -0.39 is 0 Å². The number of nitrogens with one attached hydrogen (secondary N) is 2. The van der Waals surface area contributed by atoms with Crippen molar-refractivity contribution >= 4 is 5.91 Å². The number of carbonyl (C=O) groups excluding carboxylic acids is 1. The highest BCUT2D eigenvalue weighted by Gasteiger charge is 2.38. The quantitative estimate of drug-likeness (QED) is 0.799. The van der Waals surface area contributed by atoms with Crippen LogP contribution in [0.1, 0.15) is 38.5 Å². The number of carbonyl (C=O) groups is 1. The van der Waals surface area contributed by atoms with E-state index >= 15 is 0 Å². The Hall–Kier alpha value is -0.610. The standard InChI is InChI=1S/C15H27N3O/c1-18-13-4-5-14(18)8-11(7-13)9-17-15(19)12-3-2-6-16-10-12/h11-14,16H,2-10H2,1H3,(H,17,19)/t11?,12-,13?,14?/m1/s1. The van der Waals surface area contributed by atoms with Crippen molar-refractivity contribution < 1.29 is 4.79 Å². The third-order valence-corrected chi connectivity index (χ3v) is 5.43.